The molecule has 0 aromatic rings. The quantitative estimate of drug-likeness (QED) is 0.117. The van der Waals surface area contributed by atoms with Gasteiger partial charge in [0.25, 0.3) is 0 Å². The van der Waals surface area contributed by atoms with Gasteiger partial charge in [-0.25, -0.2) is 25.3 Å². The number of rotatable bonds is 0. The van der Waals surface area contributed by atoms with Crippen molar-refractivity contribution in [1.29, 1.82) is 0 Å². The van der Waals surface area contributed by atoms with Gasteiger partial charge in [0.1, 0.15) is 0 Å². The first-order valence-electron chi connectivity index (χ1n) is 3.10. The van der Waals surface area contributed by atoms with E-state index in [1.54, 1.807) is 0 Å². The minimum absolute atomic E-state index is 0. The van der Waals surface area contributed by atoms with Crippen LogP contribution in [-0.2, 0) is 89.2 Å². The largest absolute Gasteiger partial charge is 6.00 e. The van der Waals surface area contributed by atoms with Gasteiger partial charge in [-0.1, -0.05) is 0 Å². The van der Waals surface area contributed by atoms with E-state index in [1.165, 1.54) is 0 Å². The predicted octanol–water partition coefficient (Wildman–Crippen LogP) is -3.97. The van der Waals surface area contributed by atoms with E-state index < -0.39 is 68.2 Å². The van der Waals surface area contributed by atoms with E-state index in [-0.39, 0.29) is 21.1 Å². The Morgan fingerprint density at radius 1 is 0.360 bits per heavy atom. The summed E-state index contributed by atoms with van der Waals surface area (Å²) < 4.78 is 144. The van der Waals surface area contributed by atoms with Crippen LogP contribution in [0.15, 0.2) is 0 Å². The molecule has 0 bridgehead atoms. The van der Waals surface area contributed by atoms with Crippen LogP contribution in [0.1, 0.15) is 0 Å². The van der Waals surface area contributed by atoms with Gasteiger partial charge in [-0.3, -0.25) is 0 Å². The van der Waals surface area contributed by atoms with Crippen LogP contribution < -0.4 is 0 Å². The second-order valence-corrected chi connectivity index (χ2v) is 3.91. The Morgan fingerprint density at radius 2 is 0.360 bits per heavy atom. The number of hydrogen-bond donors (Lipinski definition) is 6. The molecule has 6 atom stereocenters. The molecule has 18 nitrogen and oxygen atoms in total. The zero-order valence-corrected chi connectivity index (χ0v) is 17.3. The van der Waals surface area contributed by atoms with Crippen LogP contribution in [-0.4, -0.2) is 79.9 Å². The van der Waals surface area contributed by atoms with Gasteiger partial charge in [0.05, 0.1) is 68.2 Å². The molecule has 0 amide bonds. The maximum atomic E-state index is 8.56. The fraction of sp³-hybridized carbons (Fsp3) is 0. The minimum atomic E-state index is -2.86. The Labute approximate surface area is 168 Å². The van der Waals surface area contributed by atoms with Gasteiger partial charge in [0.15, 0.2) is 0 Å². The molecule has 6 unspecified atom stereocenters. The van der Waals surface area contributed by atoms with Crippen molar-refractivity contribution < 1.29 is 101 Å². The summed E-state index contributed by atoms with van der Waals surface area (Å²) in [7, 11) is 0. The molecule has 0 rings (SSSR count). The van der Waals surface area contributed by atoms with E-state index in [0.717, 1.165) is 0 Å². The summed E-state index contributed by atoms with van der Waals surface area (Å²) >= 11 is -17.2. The average molecular weight is 582 g/mol. The van der Waals surface area contributed by atoms with Crippen LogP contribution in [0, 0.1) is 0 Å². The van der Waals surface area contributed by atoms with Gasteiger partial charge >= 0.3 is 21.1 Å². The van der Waals surface area contributed by atoms with E-state index in [4.69, 9.17) is 79.9 Å². The molecule has 0 radical (unpaired) electrons. The van der Waals surface area contributed by atoms with E-state index in [1.807, 2.05) is 0 Å². The first-order chi connectivity index (χ1) is 10.4. The van der Waals surface area contributed by atoms with Crippen molar-refractivity contribution in [2.45, 2.75) is 0 Å². The fourth-order valence-electron chi connectivity index (χ4n) is 0. The van der Waals surface area contributed by atoms with Crippen LogP contribution in [0.5, 0.6) is 0 Å². The summed E-state index contributed by atoms with van der Waals surface area (Å²) in [4.78, 5) is 0. The van der Waals surface area contributed by atoms with Crippen molar-refractivity contribution in [2.24, 2.45) is 0 Å². The summed E-state index contributed by atoms with van der Waals surface area (Å²) in [6.45, 7) is 0. The van der Waals surface area contributed by atoms with E-state index in [0.29, 0.717) is 0 Å². The van der Waals surface area contributed by atoms with Crippen LogP contribution in [0.25, 0.3) is 0 Å². The third-order valence-corrected chi connectivity index (χ3v) is 0. The Balaban J connectivity index is -0.0000000309. The van der Waals surface area contributed by atoms with Gasteiger partial charge in [-0.05, 0) is 0 Å². The smallest absolute Gasteiger partial charge is 0.750 e. The number of hydrogen-bond acceptors (Lipinski definition) is 12. The van der Waals surface area contributed by atoms with Gasteiger partial charge < -0.3 is 54.6 Å². The monoisotopic (exact) mass is 584 g/mol. The summed E-state index contributed by atoms with van der Waals surface area (Å²) in [6, 6.07) is 0. The van der Waals surface area contributed by atoms with Gasteiger partial charge in [0.2, 0.25) is 0 Å². The molecule has 0 spiro atoms. The van der Waals surface area contributed by atoms with Crippen LogP contribution in [0.3, 0.4) is 0 Å². The molecule has 0 aromatic heterocycles. The van der Waals surface area contributed by atoms with Crippen LogP contribution in [0.2, 0.25) is 0 Å². The summed E-state index contributed by atoms with van der Waals surface area (Å²) in [5.41, 5.74) is 0. The van der Waals surface area contributed by atoms with Crippen LogP contribution in [0.4, 0.5) is 0 Å². The van der Waals surface area contributed by atoms with E-state index in [2.05, 4.69) is 0 Å². The maximum Gasteiger partial charge on any atom is 6.00 e. The molecule has 156 valence electrons. The molecular weight excluding hydrogens is 576 g/mol. The van der Waals surface area contributed by atoms with Gasteiger partial charge in [-0.2, -0.15) is 0 Å². The Morgan fingerprint density at radius 3 is 0.360 bits per heavy atom. The van der Waals surface area contributed by atoms with Gasteiger partial charge in [-0.15, -0.1) is 0 Å². The van der Waals surface area contributed by atoms with Crippen molar-refractivity contribution in [1.82, 2.24) is 0 Å². The van der Waals surface area contributed by atoms with Crippen LogP contribution >= 0.6 is 0 Å². The predicted molar refractivity (Wildman–Crippen MR) is 69.3 cm³/mol. The standard InChI is InChI=1S/Mo.6H2O3S/c;6*1-4(2)3/h;6*(H2,1,2,3)/q+6;;;;;;/p-6. The van der Waals surface area contributed by atoms with Crippen molar-refractivity contribution in [2.75, 3.05) is 0 Å². The summed E-state index contributed by atoms with van der Waals surface area (Å²) in [5.74, 6) is 0. The molecule has 0 aliphatic carbocycles. The Bertz CT molecular complexity index is 257. The summed E-state index contributed by atoms with van der Waals surface area (Å²) in [6.07, 6.45) is 0. The summed E-state index contributed by atoms with van der Waals surface area (Å²) in [5, 5.41) is 0. The molecule has 0 aliphatic heterocycles. The zero-order valence-electron chi connectivity index (χ0n) is 10.4. The molecule has 6 N–H and O–H groups in total. The third kappa shape index (κ3) is 10900. The van der Waals surface area contributed by atoms with Crippen molar-refractivity contribution in [3.63, 3.8) is 0 Å². The van der Waals surface area contributed by atoms with Crippen molar-refractivity contribution in [3.05, 3.63) is 0 Å². The molecule has 0 saturated heterocycles. The van der Waals surface area contributed by atoms with Crippen molar-refractivity contribution >= 4 is 68.2 Å². The Kier molecular flexibility index (Phi) is 72.1. The van der Waals surface area contributed by atoms with Gasteiger partial charge in [0, 0.05) is 0 Å². The zero-order chi connectivity index (χ0) is 21.5. The second-order valence-electron chi connectivity index (χ2n) is 1.30. The molecule has 25 heavy (non-hydrogen) atoms. The third-order valence-electron chi connectivity index (χ3n) is 0. The first-order valence-corrected chi connectivity index (χ1v) is 9.29. The SMILES string of the molecule is O=S([O-])O.O=S([O-])O.O=S([O-])O.O=S([O-])O.O=S([O-])O.O=S([O-])O.[Mo+6]. The first kappa shape index (κ1) is 45.1. The second kappa shape index (κ2) is 40.0. The minimum Gasteiger partial charge on any atom is -0.750 e. The van der Waals surface area contributed by atoms with E-state index in [9.17, 15) is 0 Å². The van der Waals surface area contributed by atoms with Crippen molar-refractivity contribution in [3.8, 4) is 0 Å². The molecule has 0 saturated carbocycles. The van der Waals surface area contributed by atoms with E-state index >= 15 is 0 Å². The molecule has 0 heterocycles. The molecule has 25 heteroatoms. The average Bonchev–Trinajstić information content (AvgIpc) is 2.08. The molecular formula is H6MoO18S6. The maximum absolute atomic E-state index is 8.56. The topological polar surface area (TPSA) is 362 Å². The fourth-order valence-corrected chi connectivity index (χ4v) is 0. The molecule has 0 aromatic carbocycles. The molecule has 0 fully saturated rings. The Hall–Kier alpha value is 1.11. The molecule has 0 aliphatic rings. The normalized spacial score (nSPS) is 14.9.